The maximum atomic E-state index is 12.6. The Hall–Kier alpha value is -0.820. The van der Waals surface area contributed by atoms with Crippen LogP contribution in [0.3, 0.4) is 0 Å². The Kier molecular flexibility index (Phi) is 5.20. The van der Waals surface area contributed by atoms with Crippen LogP contribution in [0.15, 0.2) is 0 Å². The molecule has 4 nitrogen and oxygen atoms in total. The number of carbonyl (C=O) groups is 1. The van der Waals surface area contributed by atoms with E-state index in [-0.39, 0.29) is 13.1 Å². The largest absolute Gasteiger partial charge is 0.465 e. The van der Waals surface area contributed by atoms with E-state index in [4.69, 9.17) is 4.74 Å². The number of piperidine rings is 1. The van der Waals surface area contributed by atoms with E-state index in [2.05, 4.69) is 0 Å². The highest BCUT2D eigenvalue weighted by Crippen LogP contribution is 2.38. The van der Waals surface area contributed by atoms with Crippen LogP contribution < -0.4 is 0 Å². The standard InChI is InChI=1S/C12H20F3NO3/c1-3-8-19-10(17)9(2)16-6-4-11(18,5-7-16)12(13,14)15/h9,18H,3-8H2,1-2H3. The van der Waals surface area contributed by atoms with Crippen molar-refractivity contribution in [1.29, 1.82) is 0 Å². The van der Waals surface area contributed by atoms with Crippen LogP contribution in [0.2, 0.25) is 0 Å². The molecule has 1 saturated heterocycles. The number of rotatable bonds is 4. The number of hydrogen-bond donors (Lipinski definition) is 1. The number of hydrogen-bond acceptors (Lipinski definition) is 4. The van der Waals surface area contributed by atoms with Gasteiger partial charge in [0.05, 0.1) is 6.61 Å². The average molecular weight is 283 g/mol. The summed E-state index contributed by atoms with van der Waals surface area (Å²) in [6.45, 7) is 3.83. The van der Waals surface area contributed by atoms with E-state index in [0.717, 1.165) is 0 Å². The molecule has 0 spiro atoms. The summed E-state index contributed by atoms with van der Waals surface area (Å²) in [6.07, 6.45) is -4.75. The summed E-state index contributed by atoms with van der Waals surface area (Å²) >= 11 is 0. The summed E-state index contributed by atoms with van der Waals surface area (Å²) in [6, 6.07) is -0.579. The minimum absolute atomic E-state index is 0.0262. The normalized spacial score (nSPS) is 22.0. The van der Waals surface area contributed by atoms with Crippen LogP contribution in [0.4, 0.5) is 13.2 Å². The van der Waals surface area contributed by atoms with Crippen molar-refractivity contribution < 1.29 is 27.8 Å². The van der Waals surface area contributed by atoms with Crippen LogP contribution in [0.1, 0.15) is 33.1 Å². The van der Waals surface area contributed by atoms with Crippen molar-refractivity contribution in [2.24, 2.45) is 0 Å². The molecule has 0 amide bonds. The quantitative estimate of drug-likeness (QED) is 0.798. The van der Waals surface area contributed by atoms with Crippen molar-refractivity contribution in [3.8, 4) is 0 Å². The lowest BCUT2D eigenvalue weighted by Crippen LogP contribution is -2.56. The molecule has 112 valence electrons. The van der Waals surface area contributed by atoms with Gasteiger partial charge in [0, 0.05) is 13.1 Å². The fourth-order valence-corrected chi connectivity index (χ4v) is 2.04. The highest BCUT2D eigenvalue weighted by Gasteiger charge is 2.55. The third-order valence-electron chi connectivity index (χ3n) is 3.49. The van der Waals surface area contributed by atoms with Gasteiger partial charge in [-0.3, -0.25) is 9.69 Å². The summed E-state index contributed by atoms with van der Waals surface area (Å²) in [5.74, 6) is -0.431. The second kappa shape index (κ2) is 6.09. The van der Waals surface area contributed by atoms with Gasteiger partial charge in [-0.25, -0.2) is 0 Å². The molecule has 1 atom stereocenters. The molecule has 0 aromatic rings. The van der Waals surface area contributed by atoms with Crippen molar-refractivity contribution in [2.75, 3.05) is 19.7 Å². The summed E-state index contributed by atoms with van der Waals surface area (Å²) in [4.78, 5) is 13.2. The maximum absolute atomic E-state index is 12.6. The number of halogens is 3. The van der Waals surface area contributed by atoms with E-state index in [9.17, 15) is 23.1 Å². The number of carbonyl (C=O) groups excluding carboxylic acids is 1. The summed E-state index contributed by atoms with van der Waals surface area (Å²) in [5.41, 5.74) is -2.63. The van der Waals surface area contributed by atoms with Gasteiger partial charge in [-0.05, 0) is 26.2 Å². The molecule has 0 aliphatic carbocycles. The Morgan fingerprint density at radius 2 is 1.95 bits per heavy atom. The van der Waals surface area contributed by atoms with Gasteiger partial charge in [-0.1, -0.05) is 6.92 Å². The van der Waals surface area contributed by atoms with Gasteiger partial charge < -0.3 is 9.84 Å². The summed E-state index contributed by atoms with van der Waals surface area (Å²) in [7, 11) is 0. The predicted octanol–water partition coefficient (Wildman–Crippen LogP) is 1.72. The second-order valence-electron chi connectivity index (χ2n) is 4.91. The van der Waals surface area contributed by atoms with Crippen molar-refractivity contribution in [3.63, 3.8) is 0 Å². The number of nitrogens with zero attached hydrogens (tertiary/aromatic N) is 1. The topological polar surface area (TPSA) is 49.8 Å². The Balaban J connectivity index is 2.52. The van der Waals surface area contributed by atoms with Crippen molar-refractivity contribution in [2.45, 2.75) is 50.9 Å². The first-order valence-corrected chi connectivity index (χ1v) is 6.41. The van der Waals surface area contributed by atoms with Gasteiger partial charge in [0.25, 0.3) is 0 Å². The van der Waals surface area contributed by atoms with E-state index >= 15 is 0 Å². The number of ether oxygens (including phenoxy) is 1. The smallest absolute Gasteiger partial charge is 0.417 e. The van der Waals surface area contributed by atoms with Crippen LogP contribution >= 0.6 is 0 Å². The Labute approximate surface area is 110 Å². The molecule has 1 heterocycles. The minimum Gasteiger partial charge on any atom is -0.465 e. The molecule has 7 heteroatoms. The highest BCUT2D eigenvalue weighted by molar-refractivity contribution is 5.75. The molecule has 1 N–H and O–H groups in total. The molecule has 0 saturated carbocycles. The monoisotopic (exact) mass is 283 g/mol. The first kappa shape index (κ1) is 16.2. The average Bonchev–Trinajstić information content (AvgIpc) is 2.34. The number of likely N-dealkylation sites (tertiary alicyclic amines) is 1. The molecule has 0 aromatic carbocycles. The van der Waals surface area contributed by atoms with Crippen molar-refractivity contribution in [3.05, 3.63) is 0 Å². The van der Waals surface area contributed by atoms with Crippen LogP contribution in [0, 0.1) is 0 Å². The Bertz CT molecular complexity index is 312. The molecule has 1 aliphatic rings. The molecule has 1 fully saturated rings. The number of aliphatic hydroxyl groups is 1. The molecule has 19 heavy (non-hydrogen) atoms. The van der Waals surface area contributed by atoms with Crippen LogP contribution in [0.25, 0.3) is 0 Å². The lowest BCUT2D eigenvalue weighted by atomic mass is 9.90. The number of esters is 1. The lowest BCUT2D eigenvalue weighted by Gasteiger charge is -2.40. The fourth-order valence-electron chi connectivity index (χ4n) is 2.04. The number of alkyl halides is 3. The van der Waals surface area contributed by atoms with E-state index in [1.54, 1.807) is 11.8 Å². The zero-order valence-corrected chi connectivity index (χ0v) is 11.2. The van der Waals surface area contributed by atoms with Crippen LogP contribution in [0.5, 0.6) is 0 Å². The van der Waals surface area contributed by atoms with Gasteiger partial charge in [0.1, 0.15) is 6.04 Å². The molecule has 1 aliphatic heterocycles. The van der Waals surface area contributed by atoms with Crippen LogP contribution in [-0.2, 0) is 9.53 Å². The molecular formula is C12H20F3NO3. The van der Waals surface area contributed by atoms with Gasteiger partial charge in [0.2, 0.25) is 0 Å². The van der Waals surface area contributed by atoms with E-state index in [1.165, 1.54) is 0 Å². The first-order valence-electron chi connectivity index (χ1n) is 6.41. The maximum Gasteiger partial charge on any atom is 0.417 e. The fraction of sp³-hybridized carbons (Fsp3) is 0.917. The van der Waals surface area contributed by atoms with Crippen molar-refractivity contribution >= 4 is 5.97 Å². The third-order valence-corrected chi connectivity index (χ3v) is 3.49. The molecule has 0 aromatic heterocycles. The Morgan fingerprint density at radius 3 is 2.37 bits per heavy atom. The van der Waals surface area contributed by atoms with Gasteiger partial charge in [0.15, 0.2) is 5.60 Å². The second-order valence-corrected chi connectivity index (χ2v) is 4.91. The highest BCUT2D eigenvalue weighted by atomic mass is 19.4. The molecule has 1 unspecified atom stereocenters. The Morgan fingerprint density at radius 1 is 1.42 bits per heavy atom. The molecule has 0 radical (unpaired) electrons. The van der Waals surface area contributed by atoms with E-state index < -0.39 is 36.6 Å². The molecule has 1 rings (SSSR count). The van der Waals surface area contributed by atoms with Gasteiger partial charge >= 0.3 is 12.1 Å². The molecule has 0 bridgehead atoms. The SMILES string of the molecule is CCCOC(=O)C(C)N1CCC(O)(C(F)(F)F)CC1. The predicted molar refractivity (Wildman–Crippen MR) is 62.5 cm³/mol. The third kappa shape index (κ3) is 3.82. The zero-order chi connectivity index (χ0) is 14.7. The van der Waals surface area contributed by atoms with Crippen LogP contribution in [-0.4, -0.2) is 53.5 Å². The lowest BCUT2D eigenvalue weighted by molar-refractivity contribution is -0.273. The molecular weight excluding hydrogens is 263 g/mol. The van der Waals surface area contributed by atoms with E-state index in [1.807, 2.05) is 6.92 Å². The van der Waals surface area contributed by atoms with Gasteiger partial charge in [-0.15, -0.1) is 0 Å². The zero-order valence-electron chi connectivity index (χ0n) is 11.2. The minimum atomic E-state index is -4.62. The van der Waals surface area contributed by atoms with Crippen molar-refractivity contribution in [1.82, 2.24) is 4.90 Å². The van der Waals surface area contributed by atoms with Gasteiger partial charge in [-0.2, -0.15) is 13.2 Å². The first-order chi connectivity index (χ1) is 8.71. The van der Waals surface area contributed by atoms with E-state index in [0.29, 0.717) is 13.0 Å². The summed E-state index contributed by atoms with van der Waals surface area (Å²) < 4.78 is 42.8. The summed E-state index contributed by atoms with van der Waals surface area (Å²) in [5, 5.41) is 9.52.